The Morgan fingerprint density at radius 3 is 2.69 bits per heavy atom. The van der Waals surface area contributed by atoms with Crippen LogP contribution in [0.4, 0.5) is 0 Å². The quantitative estimate of drug-likeness (QED) is 0.622. The van der Waals surface area contributed by atoms with Gasteiger partial charge < -0.3 is 5.41 Å². The molecule has 0 heterocycles. The Hall–Kier alpha value is -0.850. The number of nitrogens with one attached hydrogen (secondary N) is 1. The summed E-state index contributed by atoms with van der Waals surface area (Å²) in [6.45, 7) is 10.2. The van der Waals surface area contributed by atoms with Crippen molar-refractivity contribution in [3.63, 3.8) is 0 Å². The highest BCUT2D eigenvalue weighted by molar-refractivity contribution is 5.85. The highest BCUT2D eigenvalue weighted by Crippen LogP contribution is 2.30. The molecule has 1 atom stereocenters. The zero-order valence-corrected chi connectivity index (χ0v) is 8.78. The molecule has 0 saturated carbocycles. The maximum atomic E-state index is 7.63. The molecule has 1 aliphatic carbocycles. The molecule has 1 unspecified atom stereocenters. The second-order valence-electron chi connectivity index (χ2n) is 3.85. The molecule has 1 aliphatic rings. The van der Waals surface area contributed by atoms with Crippen LogP contribution < -0.4 is 0 Å². The summed E-state index contributed by atoms with van der Waals surface area (Å²) in [4.78, 5) is 0. The number of allylic oxidation sites excluding steroid dienone is 4. The van der Waals surface area contributed by atoms with Gasteiger partial charge >= 0.3 is 0 Å². The fourth-order valence-corrected chi connectivity index (χ4v) is 1.85. The number of hydrogen-bond donors (Lipinski definition) is 1. The second kappa shape index (κ2) is 3.91. The first-order chi connectivity index (χ1) is 6.04. The van der Waals surface area contributed by atoms with Gasteiger partial charge in [-0.1, -0.05) is 24.1 Å². The van der Waals surface area contributed by atoms with E-state index in [1.807, 2.05) is 6.92 Å². The molecule has 0 amide bonds. The Balaban J connectivity index is 3.00. The van der Waals surface area contributed by atoms with E-state index in [9.17, 15) is 0 Å². The van der Waals surface area contributed by atoms with E-state index in [1.54, 1.807) is 0 Å². The zero-order valence-electron chi connectivity index (χ0n) is 8.78. The molecule has 1 radical (unpaired) electrons. The molecule has 71 valence electrons. The molecule has 0 aromatic heterocycles. The lowest BCUT2D eigenvalue weighted by Crippen LogP contribution is -2.13. The van der Waals surface area contributed by atoms with Crippen molar-refractivity contribution in [3.05, 3.63) is 29.7 Å². The Bertz CT molecular complexity index is 281. The Morgan fingerprint density at radius 1 is 1.62 bits per heavy atom. The number of rotatable bonds is 2. The second-order valence-corrected chi connectivity index (χ2v) is 3.85. The van der Waals surface area contributed by atoms with Crippen molar-refractivity contribution < 1.29 is 0 Å². The van der Waals surface area contributed by atoms with Crippen LogP contribution in [0.5, 0.6) is 0 Å². The van der Waals surface area contributed by atoms with E-state index in [2.05, 4.69) is 26.8 Å². The van der Waals surface area contributed by atoms with Crippen LogP contribution in [0.25, 0.3) is 0 Å². The van der Waals surface area contributed by atoms with Crippen LogP contribution >= 0.6 is 0 Å². The molecule has 0 fully saturated rings. The first kappa shape index (κ1) is 10.2. The summed E-state index contributed by atoms with van der Waals surface area (Å²) in [5.74, 6) is 0.240. The smallest absolute Gasteiger partial charge is 0.0187 e. The van der Waals surface area contributed by atoms with E-state index in [-0.39, 0.29) is 5.92 Å². The van der Waals surface area contributed by atoms with Crippen molar-refractivity contribution in [2.75, 3.05) is 0 Å². The van der Waals surface area contributed by atoms with E-state index in [1.165, 1.54) is 16.7 Å². The molecular formula is C12H18N. The van der Waals surface area contributed by atoms with Crippen molar-refractivity contribution >= 4 is 5.71 Å². The molecule has 0 aliphatic heterocycles. The molecule has 0 saturated heterocycles. The molecule has 0 spiro atoms. The van der Waals surface area contributed by atoms with E-state index < -0.39 is 0 Å². The van der Waals surface area contributed by atoms with Crippen molar-refractivity contribution in [2.24, 2.45) is 5.92 Å². The van der Waals surface area contributed by atoms with Gasteiger partial charge in [-0.3, -0.25) is 0 Å². The normalized spacial score (nSPS) is 19.8. The average molecular weight is 176 g/mol. The third kappa shape index (κ3) is 2.09. The third-order valence-corrected chi connectivity index (χ3v) is 2.78. The first-order valence-corrected chi connectivity index (χ1v) is 4.81. The molecule has 1 nitrogen and oxygen atoms in total. The average Bonchev–Trinajstić information content (AvgIpc) is 2.03. The summed E-state index contributed by atoms with van der Waals surface area (Å²) in [5.41, 5.74) is 4.55. The van der Waals surface area contributed by atoms with Crippen LogP contribution in [0.2, 0.25) is 0 Å². The van der Waals surface area contributed by atoms with E-state index in [0.29, 0.717) is 0 Å². The lowest BCUT2D eigenvalue weighted by molar-refractivity contribution is 0.836. The predicted molar refractivity (Wildman–Crippen MR) is 57.9 cm³/mol. The van der Waals surface area contributed by atoms with E-state index in [4.69, 9.17) is 5.41 Å². The Labute approximate surface area is 81.1 Å². The highest BCUT2D eigenvalue weighted by atomic mass is 14.4. The van der Waals surface area contributed by atoms with Crippen LogP contribution in [0.15, 0.2) is 22.8 Å². The predicted octanol–water partition coefficient (Wildman–Crippen LogP) is 3.53. The minimum Gasteiger partial charge on any atom is -0.309 e. The van der Waals surface area contributed by atoms with Gasteiger partial charge in [-0.2, -0.15) is 0 Å². The van der Waals surface area contributed by atoms with Gasteiger partial charge in [-0.25, -0.2) is 0 Å². The fraction of sp³-hybridized carbons (Fsp3) is 0.500. The molecule has 1 heteroatoms. The van der Waals surface area contributed by atoms with Crippen molar-refractivity contribution in [2.45, 2.75) is 33.6 Å². The Kier molecular flexibility index (Phi) is 3.07. The van der Waals surface area contributed by atoms with Crippen LogP contribution in [0, 0.1) is 18.3 Å². The molecule has 13 heavy (non-hydrogen) atoms. The van der Waals surface area contributed by atoms with Gasteiger partial charge in [-0.05, 0) is 39.2 Å². The summed E-state index contributed by atoms with van der Waals surface area (Å²) in [7, 11) is 0. The lowest BCUT2D eigenvalue weighted by atomic mass is 9.83. The van der Waals surface area contributed by atoms with Gasteiger partial charge in [0.2, 0.25) is 0 Å². The van der Waals surface area contributed by atoms with Crippen LogP contribution in [-0.4, -0.2) is 5.71 Å². The van der Waals surface area contributed by atoms with Gasteiger partial charge in [0.1, 0.15) is 0 Å². The van der Waals surface area contributed by atoms with Gasteiger partial charge in [0.15, 0.2) is 0 Å². The largest absolute Gasteiger partial charge is 0.309 e. The minimum absolute atomic E-state index is 0.240. The summed E-state index contributed by atoms with van der Waals surface area (Å²) < 4.78 is 0. The van der Waals surface area contributed by atoms with Crippen molar-refractivity contribution in [1.82, 2.24) is 0 Å². The summed E-state index contributed by atoms with van der Waals surface area (Å²) in [6.07, 6.45) is 4.42. The summed E-state index contributed by atoms with van der Waals surface area (Å²) >= 11 is 0. The molecule has 0 bridgehead atoms. The topological polar surface area (TPSA) is 23.9 Å². The van der Waals surface area contributed by atoms with Crippen molar-refractivity contribution in [1.29, 1.82) is 5.41 Å². The maximum Gasteiger partial charge on any atom is 0.0187 e. The van der Waals surface area contributed by atoms with Crippen molar-refractivity contribution in [3.8, 4) is 0 Å². The molecule has 0 aromatic rings. The monoisotopic (exact) mass is 176 g/mol. The third-order valence-electron chi connectivity index (χ3n) is 2.78. The zero-order chi connectivity index (χ0) is 10.0. The SMILES string of the molecule is [CH2]C1=C(C(C)C(C)=N)C(C)=CCC1. The maximum absolute atomic E-state index is 7.63. The number of hydrogen-bond acceptors (Lipinski definition) is 1. The van der Waals surface area contributed by atoms with Crippen LogP contribution in [0.3, 0.4) is 0 Å². The van der Waals surface area contributed by atoms with Gasteiger partial charge in [-0.15, -0.1) is 0 Å². The molecule has 1 N–H and O–H groups in total. The van der Waals surface area contributed by atoms with Crippen LogP contribution in [-0.2, 0) is 0 Å². The lowest BCUT2D eigenvalue weighted by Gasteiger charge is -2.22. The summed E-state index contributed by atoms with van der Waals surface area (Å²) in [6, 6.07) is 0. The molecule has 1 rings (SSSR count). The standard InChI is InChI=1S/C12H18N/c1-8-6-5-7-9(2)12(8)10(3)11(4)13/h7,10,13H,1,5-6H2,2-4H3. The fourth-order valence-electron chi connectivity index (χ4n) is 1.85. The van der Waals surface area contributed by atoms with Crippen LogP contribution in [0.1, 0.15) is 33.6 Å². The Morgan fingerprint density at radius 2 is 2.23 bits per heavy atom. The van der Waals surface area contributed by atoms with E-state index in [0.717, 1.165) is 18.6 Å². The van der Waals surface area contributed by atoms with Gasteiger partial charge in [0.25, 0.3) is 0 Å². The first-order valence-electron chi connectivity index (χ1n) is 4.81. The molecule has 0 aromatic carbocycles. The minimum atomic E-state index is 0.240. The molecular weight excluding hydrogens is 158 g/mol. The van der Waals surface area contributed by atoms with Gasteiger partial charge in [0.05, 0.1) is 0 Å². The summed E-state index contributed by atoms with van der Waals surface area (Å²) in [5, 5.41) is 7.63. The van der Waals surface area contributed by atoms with Gasteiger partial charge in [0, 0.05) is 11.6 Å². The van der Waals surface area contributed by atoms with E-state index >= 15 is 0 Å². The highest BCUT2D eigenvalue weighted by Gasteiger charge is 2.17.